The van der Waals surface area contributed by atoms with Gasteiger partial charge in [-0.3, -0.25) is 19.8 Å². The Labute approximate surface area is 179 Å². The first-order chi connectivity index (χ1) is 14.6. The average Bonchev–Trinajstić information content (AvgIpc) is 2.67. The van der Waals surface area contributed by atoms with Crippen molar-refractivity contribution in [2.45, 2.75) is 108 Å². The first kappa shape index (κ1) is 21.3. The van der Waals surface area contributed by atoms with Crippen LogP contribution < -0.4 is 4.90 Å². The first-order valence-electron chi connectivity index (χ1n) is 11.9. The van der Waals surface area contributed by atoms with Gasteiger partial charge in [0.15, 0.2) is 0 Å². The molecule has 1 amide bonds. The van der Waals surface area contributed by atoms with Crippen molar-refractivity contribution >= 4 is 17.3 Å². The molecule has 1 saturated carbocycles. The molecule has 0 aromatic heterocycles. The van der Waals surface area contributed by atoms with Crippen molar-refractivity contribution in [3.05, 3.63) is 34.4 Å². The summed E-state index contributed by atoms with van der Waals surface area (Å²) in [6, 6.07) is 8.43. The van der Waals surface area contributed by atoms with Crippen LogP contribution in [0, 0.1) is 10.1 Å². The van der Waals surface area contributed by atoms with Gasteiger partial charge in [-0.25, -0.2) is 0 Å². The summed E-state index contributed by atoms with van der Waals surface area (Å²) in [5.74, 6) is -0.0909. The molecule has 6 nitrogen and oxygen atoms in total. The predicted octanol–water partition coefficient (Wildman–Crippen LogP) is 5.45. The molecule has 0 radical (unpaired) electrons. The van der Waals surface area contributed by atoms with Crippen LogP contribution in [0.15, 0.2) is 24.3 Å². The number of para-hydroxylation sites is 2. The van der Waals surface area contributed by atoms with Gasteiger partial charge in [0.05, 0.1) is 4.92 Å². The van der Waals surface area contributed by atoms with Crippen molar-refractivity contribution in [3.8, 4) is 0 Å². The summed E-state index contributed by atoms with van der Waals surface area (Å²) in [6.45, 7) is 1.55. The number of hydrogen-bond donors (Lipinski definition) is 0. The fourth-order valence-electron chi connectivity index (χ4n) is 6.37. The quantitative estimate of drug-likeness (QED) is 0.486. The van der Waals surface area contributed by atoms with Crippen LogP contribution in [0.1, 0.15) is 84.0 Å². The summed E-state index contributed by atoms with van der Waals surface area (Å²) in [6.07, 6.45) is 14.9. The van der Waals surface area contributed by atoms with Gasteiger partial charge in [-0.1, -0.05) is 50.7 Å². The Morgan fingerprint density at radius 2 is 1.50 bits per heavy atom. The van der Waals surface area contributed by atoms with Gasteiger partial charge in [-0.05, 0) is 44.6 Å². The van der Waals surface area contributed by atoms with Gasteiger partial charge in [0, 0.05) is 37.2 Å². The molecule has 1 aliphatic carbocycles. The van der Waals surface area contributed by atoms with Crippen LogP contribution in [0.3, 0.4) is 0 Å². The number of carbonyl (C=O) groups is 1. The van der Waals surface area contributed by atoms with E-state index in [-0.39, 0.29) is 22.6 Å². The van der Waals surface area contributed by atoms with Crippen LogP contribution in [0.4, 0.5) is 11.4 Å². The molecule has 0 N–H and O–H groups in total. The molecule has 3 aliphatic rings. The number of amides is 1. The van der Waals surface area contributed by atoms with E-state index in [1.807, 2.05) is 0 Å². The van der Waals surface area contributed by atoms with Gasteiger partial charge in [0.1, 0.15) is 5.69 Å². The molecule has 0 unspecified atom stereocenters. The van der Waals surface area contributed by atoms with E-state index in [1.165, 1.54) is 70.3 Å². The van der Waals surface area contributed by atoms with Crippen molar-refractivity contribution in [2.24, 2.45) is 0 Å². The molecular formula is C24H35N3O3. The number of anilines is 1. The molecule has 3 atom stereocenters. The topological polar surface area (TPSA) is 66.7 Å². The molecule has 2 bridgehead atoms. The Kier molecular flexibility index (Phi) is 6.71. The van der Waals surface area contributed by atoms with Crippen molar-refractivity contribution in [1.29, 1.82) is 0 Å². The molecule has 1 aromatic carbocycles. The lowest BCUT2D eigenvalue weighted by Crippen LogP contribution is -2.60. The van der Waals surface area contributed by atoms with Crippen LogP contribution in [-0.2, 0) is 4.79 Å². The fraction of sp³-hybridized carbons (Fsp3) is 0.708. The van der Waals surface area contributed by atoms with Gasteiger partial charge in [0.2, 0.25) is 5.91 Å². The summed E-state index contributed by atoms with van der Waals surface area (Å²) in [4.78, 5) is 28.5. The van der Waals surface area contributed by atoms with Crippen LogP contribution >= 0.6 is 0 Å². The van der Waals surface area contributed by atoms with Crippen LogP contribution in [0.2, 0.25) is 0 Å². The molecule has 164 valence electrons. The van der Waals surface area contributed by atoms with E-state index in [0.29, 0.717) is 23.8 Å². The minimum Gasteiger partial charge on any atom is -0.303 e. The van der Waals surface area contributed by atoms with Gasteiger partial charge >= 0.3 is 0 Å². The second-order valence-corrected chi connectivity index (χ2v) is 9.44. The number of nitro groups is 1. The number of fused-ring (bicyclic) bond motifs is 2. The van der Waals surface area contributed by atoms with E-state index >= 15 is 0 Å². The number of piperidine rings is 2. The van der Waals surface area contributed by atoms with Crippen molar-refractivity contribution in [1.82, 2.24) is 4.90 Å². The van der Waals surface area contributed by atoms with E-state index in [2.05, 4.69) is 4.90 Å². The van der Waals surface area contributed by atoms with Gasteiger partial charge < -0.3 is 4.90 Å². The largest absolute Gasteiger partial charge is 0.303 e. The van der Waals surface area contributed by atoms with E-state index in [0.717, 1.165) is 12.8 Å². The number of nitro benzene ring substituents is 1. The highest BCUT2D eigenvalue weighted by atomic mass is 16.6. The monoisotopic (exact) mass is 413 g/mol. The lowest BCUT2D eigenvalue weighted by Gasteiger charge is -2.54. The van der Waals surface area contributed by atoms with Crippen molar-refractivity contribution in [3.63, 3.8) is 0 Å². The number of carbonyl (C=O) groups excluding carboxylic acids is 1. The minimum absolute atomic E-state index is 0.0281. The second kappa shape index (κ2) is 9.46. The van der Waals surface area contributed by atoms with Gasteiger partial charge in [-0.2, -0.15) is 0 Å². The van der Waals surface area contributed by atoms with Gasteiger partial charge in [0.25, 0.3) is 5.69 Å². The molecule has 2 aliphatic heterocycles. The molecular weight excluding hydrogens is 378 g/mol. The SMILES string of the molecule is CC(=O)N(c1ccccc1[N+](=O)[O-])[C@@H]1C[C@H]2CCC[C@@H](C1)N2C1CCCCCCC1. The van der Waals surface area contributed by atoms with Crippen molar-refractivity contribution in [2.75, 3.05) is 4.90 Å². The standard InChI is InChI=1S/C24H35N3O3/c1-18(28)25(23-14-7-8-15-24(23)27(29)30)22-16-20-12-9-13-21(17-22)26(20)19-10-5-3-2-4-6-11-19/h7-8,14-15,19-22H,2-6,9-13,16-17H2,1H3/t20-,21+,22-. The number of nitrogens with zero attached hydrogens (tertiary/aromatic N) is 3. The lowest BCUT2D eigenvalue weighted by molar-refractivity contribution is -0.384. The van der Waals surface area contributed by atoms with Gasteiger partial charge in [-0.15, -0.1) is 0 Å². The Morgan fingerprint density at radius 1 is 0.933 bits per heavy atom. The Hall–Kier alpha value is -1.95. The predicted molar refractivity (Wildman–Crippen MR) is 119 cm³/mol. The second-order valence-electron chi connectivity index (χ2n) is 9.44. The summed E-state index contributed by atoms with van der Waals surface area (Å²) >= 11 is 0. The molecule has 1 aromatic rings. The molecule has 6 heteroatoms. The van der Waals surface area contributed by atoms with Crippen molar-refractivity contribution < 1.29 is 9.72 Å². The minimum atomic E-state index is -0.365. The maximum absolute atomic E-state index is 12.7. The number of rotatable bonds is 4. The maximum atomic E-state index is 12.7. The third-order valence-electron chi connectivity index (χ3n) is 7.54. The van der Waals surface area contributed by atoms with E-state index in [1.54, 1.807) is 30.0 Å². The molecule has 2 heterocycles. The van der Waals surface area contributed by atoms with Crippen LogP contribution in [0.5, 0.6) is 0 Å². The number of benzene rings is 1. The van der Waals surface area contributed by atoms with E-state index in [4.69, 9.17) is 0 Å². The highest BCUT2D eigenvalue weighted by molar-refractivity contribution is 5.94. The highest BCUT2D eigenvalue weighted by Gasteiger charge is 2.44. The molecule has 2 saturated heterocycles. The molecule has 30 heavy (non-hydrogen) atoms. The summed E-state index contributed by atoms with van der Waals surface area (Å²) in [7, 11) is 0. The zero-order valence-electron chi connectivity index (χ0n) is 18.2. The van der Waals surface area contributed by atoms with E-state index < -0.39 is 0 Å². The normalized spacial score (nSPS) is 28.4. The summed E-state index contributed by atoms with van der Waals surface area (Å²) in [5, 5.41) is 11.6. The Balaban J connectivity index is 1.58. The summed E-state index contributed by atoms with van der Waals surface area (Å²) in [5.41, 5.74) is 0.484. The van der Waals surface area contributed by atoms with E-state index in [9.17, 15) is 14.9 Å². The molecule has 3 fully saturated rings. The summed E-state index contributed by atoms with van der Waals surface area (Å²) < 4.78 is 0. The van der Waals surface area contributed by atoms with Crippen LogP contribution in [0.25, 0.3) is 0 Å². The Bertz CT molecular complexity index is 746. The highest BCUT2D eigenvalue weighted by Crippen LogP contribution is 2.42. The Morgan fingerprint density at radius 3 is 2.10 bits per heavy atom. The van der Waals surface area contributed by atoms with Crippen LogP contribution in [-0.4, -0.2) is 39.9 Å². The zero-order valence-corrected chi connectivity index (χ0v) is 18.2. The third kappa shape index (κ3) is 4.39. The maximum Gasteiger partial charge on any atom is 0.292 e. The third-order valence-corrected chi connectivity index (χ3v) is 7.54. The number of hydrogen-bond acceptors (Lipinski definition) is 4. The fourth-order valence-corrected chi connectivity index (χ4v) is 6.37. The average molecular weight is 414 g/mol. The molecule has 0 spiro atoms. The molecule has 4 rings (SSSR count). The first-order valence-corrected chi connectivity index (χ1v) is 11.9. The smallest absolute Gasteiger partial charge is 0.292 e. The zero-order chi connectivity index (χ0) is 21.1. The lowest BCUT2D eigenvalue weighted by atomic mass is 9.78.